The van der Waals surface area contributed by atoms with E-state index in [0.29, 0.717) is 16.0 Å². The molecule has 0 bridgehead atoms. The zero-order valence-corrected chi connectivity index (χ0v) is 22.1. The Bertz CT molecular complexity index is 1160. The van der Waals surface area contributed by atoms with Crippen molar-refractivity contribution in [2.75, 3.05) is 18.6 Å². The summed E-state index contributed by atoms with van der Waals surface area (Å²) in [6, 6.07) is 10.5. The van der Waals surface area contributed by atoms with E-state index in [0.717, 1.165) is 47.5 Å². The van der Waals surface area contributed by atoms with E-state index in [9.17, 15) is 4.79 Å². The maximum Gasteiger partial charge on any atom is 0.264 e. The molecule has 1 saturated heterocycles. The fourth-order valence-corrected chi connectivity index (χ4v) is 6.05. The highest BCUT2D eigenvalue weighted by atomic mass is 32.2. The molecule has 1 unspecified atom stereocenters. The molecular weight excluding hydrogens is 442 g/mol. The van der Waals surface area contributed by atoms with Crippen LogP contribution >= 0.6 is 11.8 Å². The van der Waals surface area contributed by atoms with Gasteiger partial charge in [0.2, 0.25) is 0 Å². The summed E-state index contributed by atoms with van der Waals surface area (Å²) in [5.74, 6) is 1.08. The monoisotopic (exact) mass is 477 g/mol. The van der Waals surface area contributed by atoms with Crippen molar-refractivity contribution in [3.63, 3.8) is 0 Å². The van der Waals surface area contributed by atoms with Crippen LogP contribution in [0.15, 0.2) is 40.2 Å². The second-order valence-corrected chi connectivity index (χ2v) is 11.1. The lowest BCUT2D eigenvalue weighted by atomic mass is 9.79. The van der Waals surface area contributed by atoms with Crippen molar-refractivity contribution in [3.05, 3.63) is 57.5 Å². The van der Waals surface area contributed by atoms with E-state index in [1.165, 1.54) is 23.0 Å². The number of anilines is 1. The largest absolute Gasteiger partial charge is 0.496 e. The zero-order chi connectivity index (χ0) is 24.6. The van der Waals surface area contributed by atoms with Crippen molar-refractivity contribution in [2.45, 2.75) is 65.8 Å². The van der Waals surface area contributed by atoms with Crippen LogP contribution in [0.25, 0.3) is 6.08 Å². The first-order chi connectivity index (χ1) is 16.1. The highest BCUT2D eigenvalue weighted by Crippen LogP contribution is 2.46. The second kappa shape index (κ2) is 9.49. The summed E-state index contributed by atoms with van der Waals surface area (Å²) in [5, 5.41) is 3.51. The van der Waals surface area contributed by atoms with Crippen molar-refractivity contribution in [1.82, 2.24) is 5.32 Å². The molecule has 4 rings (SSSR count). The Kier molecular flexibility index (Phi) is 6.81. The van der Waals surface area contributed by atoms with Crippen molar-refractivity contribution >= 4 is 40.3 Å². The molecule has 0 aliphatic carbocycles. The summed E-state index contributed by atoms with van der Waals surface area (Å²) < 4.78 is 5.79. The minimum atomic E-state index is -0.130. The van der Waals surface area contributed by atoms with E-state index in [4.69, 9.17) is 4.74 Å². The van der Waals surface area contributed by atoms with Gasteiger partial charge in [0, 0.05) is 29.4 Å². The summed E-state index contributed by atoms with van der Waals surface area (Å²) in [4.78, 5) is 20.5. The number of fused-ring (bicyclic) bond motifs is 1. The molecule has 0 saturated carbocycles. The third-order valence-corrected chi connectivity index (χ3v) is 7.47. The van der Waals surface area contributed by atoms with Crippen LogP contribution in [0.3, 0.4) is 0 Å². The standard InChI is InChI=1S/C28H35N3O2S/c1-8-9-31-23-15-24(33-7)20(13-22(23)19(4)16-28(31,5)6)14-25-26(32)30-27(34-25)29-21-11-17(2)10-18(3)12-21/h10-15,19H,8-9,16H2,1-7H3,(H,29,30,32)/b25-14+. The third-order valence-electron chi connectivity index (χ3n) is 6.56. The van der Waals surface area contributed by atoms with Crippen LogP contribution in [-0.4, -0.2) is 30.3 Å². The molecule has 1 amide bonds. The van der Waals surface area contributed by atoms with Gasteiger partial charge in [0.25, 0.3) is 5.91 Å². The van der Waals surface area contributed by atoms with E-state index in [-0.39, 0.29) is 11.4 Å². The number of hydrogen-bond acceptors (Lipinski definition) is 5. The smallest absolute Gasteiger partial charge is 0.264 e. The highest BCUT2D eigenvalue weighted by molar-refractivity contribution is 8.18. The Morgan fingerprint density at radius 1 is 1.21 bits per heavy atom. The van der Waals surface area contributed by atoms with Crippen molar-refractivity contribution in [3.8, 4) is 5.75 Å². The predicted molar refractivity (Wildman–Crippen MR) is 144 cm³/mol. The first-order valence-electron chi connectivity index (χ1n) is 12.0. The lowest BCUT2D eigenvalue weighted by molar-refractivity contribution is -0.115. The maximum atomic E-state index is 12.8. The van der Waals surface area contributed by atoms with E-state index in [1.807, 2.05) is 18.2 Å². The molecule has 180 valence electrons. The Morgan fingerprint density at radius 2 is 1.91 bits per heavy atom. The topological polar surface area (TPSA) is 53.9 Å². The minimum absolute atomic E-state index is 0.0914. The number of methoxy groups -OCH3 is 1. The number of carbonyl (C=O) groups is 1. The average molecular weight is 478 g/mol. The summed E-state index contributed by atoms with van der Waals surface area (Å²) in [5.41, 5.74) is 6.72. The van der Waals surface area contributed by atoms with Crippen LogP contribution in [0.1, 0.15) is 68.7 Å². The molecular formula is C28H35N3O2S. The van der Waals surface area contributed by atoms with Crippen LogP contribution < -0.4 is 15.0 Å². The Morgan fingerprint density at radius 3 is 2.56 bits per heavy atom. The van der Waals surface area contributed by atoms with E-state index in [1.54, 1.807) is 7.11 Å². The SMILES string of the molecule is CCCN1c2cc(OC)c(/C=C3/SC(=Nc4cc(C)cc(C)c4)NC3=O)cc2C(C)CC1(C)C. The first-order valence-corrected chi connectivity index (χ1v) is 12.8. The van der Waals surface area contributed by atoms with Crippen LogP contribution in [0.2, 0.25) is 0 Å². The number of nitrogens with zero attached hydrogens (tertiary/aromatic N) is 2. The summed E-state index contributed by atoms with van der Waals surface area (Å²) >= 11 is 1.37. The van der Waals surface area contributed by atoms with Crippen LogP contribution in [0, 0.1) is 13.8 Å². The lowest BCUT2D eigenvalue weighted by Gasteiger charge is -2.47. The van der Waals surface area contributed by atoms with Gasteiger partial charge in [0.15, 0.2) is 5.17 Å². The van der Waals surface area contributed by atoms with Gasteiger partial charge in [-0.05, 0) is 99.2 Å². The van der Waals surface area contributed by atoms with E-state index >= 15 is 0 Å². The fourth-order valence-electron chi connectivity index (χ4n) is 5.22. The van der Waals surface area contributed by atoms with Crippen LogP contribution in [-0.2, 0) is 4.79 Å². The van der Waals surface area contributed by atoms with Gasteiger partial charge in [0.1, 0.15) is 5.75 Å². The molecule has 1 N–H and O–H groups in total. The Hall–Kier alpha value is -2.73. The lowest BCUT2D eigenvalue weighted by Crippen LogP contribution is -2.48. The number of thioether (sulfide) groups is 1. The molecule has 2 aromatic carbocycles. The van der Waals surface area contributed by atoms with Crippen molar-refractivity contribution in [1.29, 1.82) is 0 Å². The number of aliphatic imine (C=N–C) groups is 1. The normalized spacial score (nSPS) is 21.7. The van der Waals surface area contributed by atoms with Gasteiger partial charge < -0.3 is 15.0 Å². The number of amidine groups is 1. The fraction of sp³-hybridized carbons (Fsp3) is 0.429. The molecule has 1 fully saturated rings. The minimum Gasteiger partial charge on any atom is -0.496 e. The summed E-state index contributed by atoms with van der Waals surface area (Å²) in [6.07, 6.45) is 4.11. The van der Waals surface area contributed by atoms with Gasteiger partial charge >= 0.3 is 0 Å². The van der Waals surface area contributed by atoms with Crippen molar-refractivity contribution < 1.29 is 9.53 Å². The van der Waals surface area contributed by atoms with Gasteiger partial charge in [-0.1, -0.05) is 19.9 Å². The number of aryl methyl sites for hydroxylation is 2. The number of benzene rings is 2. The molecule has 2 heterocycles. The number of nitrogens with one attached hydrogen (secondary N) is 1. The van der Waals surface area contributed by atoms with E-state index < -0.39 is 0 Å². The van der Waals surface area contributed by atoms with Gasteiger partial charge in [-0.25, -0.2) is 4.99 Å². The van der Waals surface area contributed by atoms with Gasteiger partial charge in [-0.3, -0.25) is 4.79 Å². The summed E-state index contributed by atoms with van der Waals surface area (Å²) in [6.45, 7) is 14.3. The molecule has 6 heteroatoms. The number of ether oxygens (including phenoxy) is 1. The summed E-state index contributed by atoms with van der Waals surface area (Å²) in [7, 11) is 1.69. The van der Waals surface area contributed by atoms with Crippen molar-refractivity contribution in [2.24, 2.45) is 4.99 Å². The second-order valence-electron chi connectivity index (χ2n) is 10.0. The van der Waals surface area contributed by atoms with Gasteiger partial charge in [-0.15, -0.1) is 0 Å². The average Bonchev–Trinajstić information content (AvgIpc) is 3.08. The maximum absolute atomic E-state index is 12.8. The number of hydrogen-bond donors (Lipinski definition) is 1. The van der Waals surface area contributed by atoms with Gasteiger partial charge in [0.05, 0.1) is 17.7 Å². The number of rotatable bonds is 5. The third kappa shape index (κ3) is 4.88. The van der Waals surface area contributed by atoms with Crippen LogP contribution in [0.5, 0.6) is 5.75 Å². The number of amides is 1. The molecule has 2 aromatic rings. The molecule has 5 nitrogen and oxygen atoms in total. The molecule has 2 aliphatic rings. The highest BCUT2D eigenvalue weighted by Gasteiger charge is 2.36. The quantitative estimate of drug-likeness (QED) is 0.487. The van der Waals surface area contributed by atoms with Crippen LogP contribution in [0.4, 0.5) is 11.4 Å². The molecule has 2 aliphatic heterocycles. The van der Waals surface area contributed by atoms with Gasteiger partial charge in [-0.2, -0.15) is 0 Å². The Labute approximate surface area is 207 Å². The molecule has 34 heavy (non-hydrogen) atoms. The molecule has 0 aromatic heterocycles. The predicted octanol–water partition coefficient (Wildman–Crippen LogP) is 6.71. The molecule has 0 spiro atoms. The number of carbonyl (C=O) groups excluding carboxylic acids is 1. The molecule has 1 atom stereocenters. The zero-order valence-electron chi connectivity index (χ0n) is 21.3. The molecule has 0 radical (unpaired) electrons. The first kappa shape index (κ1) is 24.4. The van der Waals surface area contributed by atoms with E-state index in [2.05, 4.69) is 75.0 Å². The Balaban J connectivity index is 1.70.